The summed E-state index contributed by atoms with van der Waals surface area (Å²) in [5.41, 5.74) is 1.00. The largest absolute Gasteiger partial charge is 0.373 e. The molecule has 1 fully saturated rings. The first kappa shape index (κ1) is 14.7. The van der Waals surface area contributed by atoms with Crippen LogP contribution < -0.4 is 5.32 Å². The molecule has 0 spiro atoms. The van der Waals surface area contributed by atoms with Gasteiger partial charge in [-0.15, -0.1) is 5.10 Å². The number of nitrogens with zero attached hydrogens (tertiary/aromatic N) is 4. The number of rotatable bonds is 4. The zero-order valence-corrected chi connectivity index (χ0v) is 13.9. The van der Waals surface area contributed by atoms with Gasteiger partial charge in [0.2, 0.25) is 10.1 Å². The van der Waals surface area contributed by atoms with E-state index in [1.165, 1.54) is 0 Å². The summed E-state index contributed by atoms with van der Waals surface area (Å²) in [6.07, 6.45) is 2.57. The van der Waals surface area contributed by atoms with E-state index in [1.54, 1.807) is 11.3 Å². The standard InChI is InChI=1S/C14H23N5OS/c1-9-6-19-14(16-9)21-13(17-19)15-5-10(2)18-7-11(3)20-12(4)8-18/h6,10-12H,5,7-8H2,1-4H3,(H,15,17)/t10-,11-,12-/m0/s1. The van der Waals surface area contributed by atoms with Crippen LogP contribution in [-0.4, -0.2) is 57.4 Å². The van der Waals surface area contributed by atoms with E-state index in [0.717, 1.165) is 35.4 Å². The van der Waals surface area contributed by atoms with Gasteiger partial charge in [0.25, 0.3) is 0 Å². The predicted octanol–water partition coefficient (Wildman–Crippen LogP) is 2.01. The van der Waals surface area contributed by atoms with Gasteiger partial charge >= 0.3 is 0 Å². The fourth-order valence-electron chi connectivity index (χ4n) is 2.82. The van der Waals surface area contributed by atoms with E-state index < -0.39 is 0 Å². The molecule has 1 N–H and O–H groups in total. The van der Waals surface area contributed by atoms with E-state index in [-0.39, 0.29) is 0 Å². The highest BCUT2D eigenvalue weighted by Gasteiger charge is 2.25. The second kappa shape index (κ2) is 5.90. The molecular formula is C14H23N5OS. The molecule has 21 heavy (non-hydrogen) atoms. The minimum atomic E-state index is 0.308. The molecule has 0 amide bonds. The first-order valence-electron chi connectivity index (χ1n) is 7.47. The van der Waals surface area contributed by atoms with Crippen molar-refractivity contribution in [2.75, 3.05) is 25.0 Å². The highest BCUT2D eigenvalue weighted by atomic mass is 32.1. The zero-order chi connectivity index (χ0) is 15.0. The third-order valence-electron chi connectivity index (χ3n) is 3.78. The van der Waals surface area contributed by atoms with Crippen molar-refractivity contribution in [3.8, 4) is 0 Å². The fraction of sp³-hybridized carbons (Fsp3) is 0.714. The van der Waals surface area contributed by atoms with E-state index >= 15 is 0 Å². The lowest BCUT2D eigenvalue weighted by atomic mass is 10.2. The first-order chi connectivity index (χ1) is 10.0. The van der Waals surface area contributed by atoms with Crippen LogP contribution >= 0.6 is 11.3 Å². The maximum atomic E-state index is 5.79. The monoisotopic (exact) mass is 309 g/mol. The van der Waals surface area contributed by atoms with Crippen molar-refractivity contribution < 1.29 is 4.74 Å². The average molecular weight is 309 g/mol. The molecule has 3 rings (SSSR count). The molecule has 0 unspecified atom stereocenters. The number of ether oxygens (including phenoxy) is 1. The van der Waals surface area contributed by atoms with Crippen molar-refractivity contribution in [3.05, 3.63) is 11.9 Å². The van der Waals surface area contributed by atoms with E-state index in [4.69, 9.17) is 4.74 Å². The Morgan fingerprint density at radius 2 is 2.14 bits per heavy atom. The number of anilines is 1. The Kier molecular flexibility index (Phi) is 4.14. The highest BCUT2D eigenvalue weighted by Crippen LogP contribution is 2.19. The number of imidazole rings is 1. The Balaban J connectivity index is 1.57. The van der Waals surface area contributed by atoms with Crippen LogP contribution in [0.15, 0.2) is 6.20 Å². The van der Waals surface area contributed by atoms with Crippen LogP contribution in [0.25, 0.3) is 4.96 Å². The van der Waals surface area contributed by atoms with E-state index in [2.05, 4.69) is 41.1 Å². The quantitative estimate of drug-likeness (QED) is 0.936. The summed E-state index contributed by atoms with van der Waals surface area (Å²) in [7, 11) is 0. The number of hydrogen-bond donors (Lipinski definition) is 1. The van der Waals surface area contributed by atoms with Crippen LogP contribution in [0.5, 0.6) is 0 Å². The smallest absolute Gasteiger partial charge is 0.214 e. The molecule has 2 aromatic heterocycles. The molecule has 6 nitrogen and oxygen atoms in total. The van der Waals surface area contributed by atoms with Crippen LogP contribution in [0.4, 0.5) is 5.13 Å². The van der Waals surface area contributed by atoms with Gasteiger partial charge in [-0.25, -0.2) is 9.50 Å². The third-order valence-corrected chi connectivity index (χ3v) is 4.66. The van der Waals surface area contributed by atoms with Crippen molar-refractivity contribution in [1.82, 2.24) is 19.5 Å². The Labute approximate surface area is 129 Å². The van der Waals surface area contributed by atoms with Crippen LogP contribution in [-0.2, 0) is 4.74 Å². The lowest BCUT2D eigenvalue weighted by Crippen LogP contribution is -2.50. The van der Waals surface area contributed by atoms with Gasteiger partial charge in [0.1, 0.15) is 0 Å². The van der Waals surface area contributed by atoms with Gasteiger partial charge in [0.15, 0.2) is 0 Å². The molecule has 0 aliphatic carbocycles. The normalized spacial score (nSPS) is 25.3. The van der Waals surface area contributed by atoms with Crippen LogP contribution in [0.2, 0.25) is 0 Å². The molecule has 1 saturated heterocycles. The van der Waals surface area contributed by atoms with Gasteiger partial charge in [0.05, 0.1) is 24.1 Å². The second-order valence-electron chi connectivity index (χ2n) is 5.96. The summed E-state index contributed by atoms with van der Waals surface area (Å²) < 4.78 is 7.63. The molecule has 1 aliphatic heterocycles. The number of fused-ring (bicyclic) bond motifs is 1. The van der Waals surface area contributed by atoms with Crippen molar-refractivity contribution in [2.45, 2.75) is 45.9 Å². The lowest BCUT2D eigenvalue weighted by molar-refractivity contribution is -0.0769. The Hall–Kier alpha value is -1.18. The average Bonchev–Trinajstić information content (AvgIpc) is 2.91. The molecule has 0 bridgehead atoms. The lowest BCUT2D eigenvalue weighted by Gasteiger charge is -2.38. The van der Waals surface area contributed by atoms with Gasteiger partial charge < -0.3 is 10.1 Å². The number of hydrogen-bond acceptors (Lipinski definition) is 6. The fourth-order valence-corrected chi connectivity index (χ4v) is 3.66. The summed E-state index contributed by atoms with van der Waals surface area (Å²) in [6, 6.07) is 0.455. The Morgan fingerprint density at radius 1 is 1.43 bits per heavy atom. The Morgan fingerprint density at radius 3 is 2.81 bits per heavy atom. The van der Waals surface area contributed by atoms with Gasteiger partial charge in [0, 0.05) is 25.7 Å². The summed E-state index contributed by atoms with van der Waals surface area (Å²) in [5, 5.41) is 8.86. The molecule has 1 aliphatic rings. The summed E-state index contributed by atoms with van der Waals surface area (Å²) in [6.45, 7) is 11.4. The van der Waals surface area contributed by atoms with Crippen LogP contribution in [0.1, 0.15) is 26.5 Å². The molecule has 0 radical (unpaired) electrons. The second-order valence-corrected chi connectivity index (χ2v) is 6.91. The molecule has 0 aromatic carbocycles. The highest BCUT2D eigenvalue weighted by molar-refractivity contribution is 7.20. The SMILES string of the molecule is Cc1cn2nc(NC[C@H](C)N3C[C@H](C)O[C@@H](C)C3)sc2n1. The van der Waals surface area contributed by atoms with Crippen molar-refractivity contribution in [3.63, 3.8) is 0 Å². The van der Waals surface area contributed by atoms with Gasteiger partial charge in [-0.3, -0.25) is 4.90 Å². The molecular weight excluding hydrogens is 286 g/mol. The molecule has 7 heteroatoms. The summed E-state index contributed by atoms with van der Waals surface area (Å²) >= 11 is 1.59. The minimum absolute atomic E-state index is 0.308. The predicted molar refractivity (Wildman–Crippen MR) is 85.1 cm³/mol. The van der Waals surface area contributed by atoms with E-state index in [0.29, 0.717) is 18.2 Å². The van der Waals surface area contributed by atoms with Gasteiger partial charge in [-0.05, 0) is 27.7 Å². The maximum Gasteiger partial charge on any atom is 0.214 e. The topological polar surface area (TPSA) is 54.7 Å². The number of aromatic nitrogens is 3. The van der Waals surface area contributed by atoms with E-state index in [9.17, 15) is 0 Å². The van der Waals surface area contributed by atoms with Gasteiger partial charge in [-0.2, -0.15) is 0 Å². The molecule has 3 atom stereocenters. The third kappa shape index (κ3) is 3.36. The molecule has 2 aromatic rings. The van der Waals surface area contributed by atoms with Crippen molar-refractivity contribution in [1.29, 1.82) is 0 Å². The molecule has 3 heterocycles. The van der Waals surface area contributed by atoms with Crippen LogP contribution in [0.3, 0.4) is 0 Å². The van der Waals surface area contributed by atoms with Crippen molar-refractivity contribution in [2.24, 2.45) is 0 Å². The maximum absolute atomic E-state index is 5.79. The van der Waals surface area contributed by atoms with Gasteiger partial charge in [-0.1, -0.05) is 11.3 Å². The molecule has 0 saturated carbocycles. The first-order valence-corrected chi connectivity index (χ1v) is 8.29. The Bertz CT molecular complexity index is 568. The van der Waals surface area contributed by atoms with E-state index in [1.807, 2.05) is 17.6 Å². The van der Waals surface area contributed by atoms with Crippen molar-refractivity contribution >= 4 is 21.4 Å². The zero-order valence-electron chi connectivity index (χ0n) is 13.0. The molecule has 116 valence electrons. The number of morpholine rings is 1. The number of aryl methyl sites for hydroxylation is 1. The van der Waals surface area contributed by atoms with Crippen LogP contribution in [0, 0.1) is 6.92 Å². The number of nitrogens with one attached hydrogen (secondary N) is 1. The summed E-state index contributed by atoms with van der Waals surface area (Å²) in [5.74, 6) is 0. The summed E-state index contributed by atoms with van der Waals surface area (Å²) in [4.78, 5) is 7.84. The minimum Gasteiger partial charge on any atom is -0.373 e.